The van der Waals surface area contributed by atoms with E-state index in [1.165, 1.54) is 4.57 Å². The maximum atomic E-state index is 13.7. The van der Waals surface area contributed by atoms with E-state index in [4.69, 9.17) is 22.1 Å². The Morgan fingerprint density at radius 3 is 2.04 bits per heavy atom. The number of ether oxygens (including phenoxy) is 1. The first-order chi connectivity index (χ1) is 21.8. The van der Waals surface area contributed by atoms with Crippen molar-refractivity contribution < 1.29 is 26.9 Å². The first kappa shape index (κ1) is 37.8. The van der Waals surface area contributed by atoms with Gasteiger partial charge in [0.05, 0.1) is 6.61 Å². The van der Waals surface area contributed by atoms with E-state index in [1.54, 1.807) is 36.5 Å². The van der Waals surface area contributed by atoms with E-state index in [0.717, 1.165) is 0 Å². The molecule has 2 aromatic rings. The number of fused-ring (bicyclic) bond motifs is 1. The summed E-state index contributed by atoms with van der Waals surface area (Å²) >= 11 is 0. The smallest absolute Gasteiger partial charge is 0.351 e. The largest absolute Gasteiger partial charge is 0.414 e. The molecule has 0 bridgehead atoms. The number of anilines is 1. The van der Waals surface area contributed by atoms with E-state index >= 15 is 0 Å². The Morgan fingerprint density at radius 1 is 0.957 bits per heavy atom. The maximum absolute atomic E-state index is 13.7. The molecule has 1 N–H and O–H groups in total. The van der Waals surface area contributed by atoms with Gasteiger partial charge in [0, 0.05) is 11.8 Å². The van der Waals surface area contributed by atoms with Crippen molar-refractivity contribution in [2.24, 2.45) is 0 Å². The monoisotopic (exact) mass is 703 g/mol. The zero-order chi connectivity index (χ0) is 35.1. The van der Waals surface area contributed by atoms with E-state index in [0.29, 0.717) is 5.56 Å². The number of nitrogens with zero attached hydrogens (tertiary/aromatic N) is 2. The third-order valence-corrected chi connectivity index (χ3v) is 25.0. The highest BCUT2D eigenvalue weighted by Gasteiger charge is 2.63. The van der Waals surface area contributed by atoms with E-state index in [1.807, 2.05) is 6.07 Å². The van der Waals surface area contributed by atoms with Gasteiger partial charge in [-0.05, 0) is 58.5 Å². The van der Waals surface area contributed by atoms with Crippen LogP contribution >= 0.6 is 0 Å². The lowest BCUT2D eigenvalue weighted by molar-refractivity contribution is -0.0593. The van der Waals surface area contributed by atoms with Crippen LogP contribution in [0.4, 0.5) is 5.82 Å². The van der Waals surface area contributed by atoms with Crippen LogP contribution in [0.5, 0.6) is 0 Å². The molecule has 2 aliphatic heterocycles. The second-order valence-electron chi connectivity index (χ2n) is 15.8. The topological polar surface area (TPSA) is 110 Å². The molecule has 3 heterocycles. The molecule has 2 fully saturated rings. The number of aromatic nitrogens is 2. The van der Waals surface area contributed by atoms with Crippen LogP contribution in [0.1, 0.15) is 92.7 Å². The summed E-state index contributed by atoms with van der Waals surface area (Å²) in [6, 6.07) is 10.4. The zero-order valence-electron chi connectivity index (χ0n) is 30.6. The molecule has 0 unspecified atom stereocenters. The van der Waals surface area contributed by atoms with Gasteiger partial charge in [0.25, 0.3) is 5.91 Å². The Bertz CT molecular complexity index is 1430. The molecular formula is C34H57N3O7Si3. The Balaban J connectivity index is 1.80. The van der Waals surface area contributed by atoms with Gasteiger partial charge in [0.15, 0.2) is 14.5 Å². The highest BCUT2D eigenvalue weighted by atomic mass is 28.5. The molecule has 0 radical (unpaired) electrons. The fourth-order valence-corrected chi connectivity index (χ4v) is 18.9. The fourth-order valence-electron chi connectivity index (χ4n) is 6.44. The number of hydrogen-bond donors (Lipinski definition) is 1. The maximum Gasteiger partial charge on any atom is 0.351 e. The molecule has 47 heavy (non-hydrogen) atoms. The second kappa shape index (κ2) is 14.1. The number of carbonyl (C=O) groups is 1. The van der Waals surface area contributed by atoms with Crippen LogP contribution in [-0.4, -0.2) is 65.8 Å². The third-order valence-electron chi connectivity index (χ3n) is 10.2. The van der Waals surface area contributed by atoms with E-state index in [9.17, 15) is 9.59 Å². The number of carbonyl (C=O) groups excluding carboxylic acids is 1. The van der Waals surface area contributed by atoms with Crippen molar-refractivity contribution in [1.82, 2.24) is 9.55 Å². The predicted molar refractivity (Wildman–Crippen MR) is 193 cm³/mol. The molecule has 10 nitrogen and oxygen atoms in total. The van der Waals surface area contributed by atoms with Gasteiger partial charge in [0.2, 0.25) is 0 Å². The summed E-state index contributed by atoms with van der Waals surface area (Å²) < 4.78 is 37.3. The first-order valence-electron chi connectivity index (χ1n) is 17.1. The number of nitrogens with one attached hydrogen (secondary N) is 1. The lowest BCUT2D eigenvalue weighted by Gasteiger charge is -2.52. The molecule has 1 aromatic heterocycles. The van der Waals surface area contributed by atoms with Gasteiger partial charge in [-0.3, -0.25) is 9.36 Å². The van der Waals surface area contributed by atoms with Crippen molar-refractivity contribution in [1.29, 1.82) is 0 Å². The second-order valence-corrected chi connectivity index (χ2v) is 29.4. The summed E-state index contributed by atoms with van der Waals surface area (Å²) in [6.07, 6.45) is -0.831. The molecule has 4 rings (SSSR count). The Kier molecular flexibility index (Phi) is 11.3. The Labute approximate surface area is 284 Å². The highest BCUT2D eigenvalue weighted by Crippen LogP contribution is 2.50. The molecule has 13 heteroatoms. The standard InChI is InChI=1S/C34H57N3O7Si3/c1-22(2)46(23(3)4)40-21-27-29(43-47(44-46,24(5)6)25(7)8)30(42-45(12,13)34(9,10)11)32(41-27)37-20-19-28(36-33(37)39)35-31(38)26-17-15-14-16-18-26/h14-20,22-25,27,29-30,32H,21H2,1-13H3,(H,35,36,38,39)/t27-,29-,30-,32-/m1/s1. The predicted octanol–water partition coefficient (Wildman–Crippen LogP) is 7.74. The summed E-state index contributed by atoms with van der Waals surface area (Å²) in [5.41, 5.74) is 0.544. The summed E-state index contributed by atoms with van der Waals surface area (Å²) in [5.74, 6) is -0.183. The normalized spacial score (nSPS) is 24.8. The molecule has 0 aliphatic carbocycles. The van der Waals surface area contributed by atoms with Crippen LogP contribution in [0.3, 0.4) is 0 Å². The molecule has 262 valence electrons. The van der Waals surface area contributed by atoms with Gasteiger partial charge in [-0.25, -0.2) is 4.79 Å². The summed E-state index contributed by atoms with van der Waals surface area (Å²) in [4.78, 5) is 30.7. The molecule has 0 spiro atoms. The molecule has 2 saturated heterocycles. The van der Waals surface area contributed by atoms with Gasteiger partial charge < -0.3 is 27.4 Å². The van der Waals surface area contributed by atoms with Crippen LogP contribution < -0.4 is 11.0 Å². The molecule has 1 amide bonds. The summed E-state index contributed by atoms with van der Waals surface area (Å²) in [5, 5.41) is 2.63. The van der Waals surface area contributed by atoms with Crippen LogP contribution in [-0.2, 0) is 22.1 Å². The lowest BCUT2D eigenvalue weighted by Crippen LogP contribution is -2.66. The van der Waals surface area contributed by atoms with Gasteiger partial charge >= 0.3 is 22.8 Å². The van der Waals surface area contributed by atoms with Gasteiger partial charge in [-0.2, -0.15) is 4.98 Å². The summed E-state index contributed by atoms with van der Waals surface area (Å²) in [7, 11) is -8.20. The van der Waals surface area contributed by atoms with Crippen molar-refractivity contribution in [2.45, 2.75) is 141 Å². The van der Waals surface area contributed by atoms with Crippen molar-refractivity contribution in [3.05, 3.63) is 58.6 Å². The number of hydrogen-bond acceptors (Lipinski definition) is 8. The van der Waals surface area contributed by atoms with Crippen molar-refractivity contribution in [2.75, 3.05) is 11.9 Å². The lowest BCUT2D eigenvalue weighted by atomic mass is 10.1. The minimum atomic E-state index is -2.99. The molecule has 1 aromatic carbocycles. The zero-order valence-corrected chi connectivity index (χ0v) is 33.6. The van der Waals surface area contributed by atoms with Gasteiger partial charge in [-0.1, -0.05) is 94.4 Å². The van der Waals surface area contributed by atoms with Crippen molar-refractivity contribution in [3.8, 4) is 0 Å². The number of benzene rings is 1. The molecular weight excluding hydrogens is 647 g/mol. The average Bonchev–Trinajstić information content (AvgIpc) is 3.27. The minimum absolute atomic E-state index is 0.110. The van der Waals surface area contributed by atoms with Crippen LogP contribution in [0, 0.1) is 0 Å². The fraction of sp³-hybridized carbons (Fsp3) is 0.676. The third kappa shape index (κ3) is 7.47. The highest BCUT2D eigenvalue weighted by molar-refractivity contribution is 6.84. The Morgan fingerprint density at radius 2 is 1.53 bits per heavy atom. The van der Waals surface area contributed by atoms with Crippen LogP contribution in [0.2, 0.25) is 40.3 Å². The van der Waals surface area contributed by atoms with E-state index in [-0.39, 0.29) is 45.5 Å². The SMILES string of the molecule is CC(C)[Si]1(C(C)C)OC[C@H]2O[C@@H](n3ccc(NC(=O)c4ccccc4)nc3=O)[C@H](O[Si](C)(C)C(C)(C)C)[C@@H]2O[Si](C(C)C)(C(C)C)O1. The van der Waals surface area contributed by atoms with Gasteiger partial charge in [0.1, 0.15) is 24.1 Å². The molecule has 2 aliphatic rings. The first-order valence-corrected chi connectivity index (χ1v) is 23.9. The summed E-state index contributed by atoms with van der Waals surface area (Å²) in [6.45, 7) is 28.8. The van der Waals surface area contributed by atoms with Crippen LogP contribution in [0.25, 0.3) is 0 Å². The number of amides is 1. The molecule has 0 saturated carbocycles. The minimum Gasteiger partial charge on any atom is -0.414 e. The van der Waals surface area contributed by atoms with Crippen molar-refractivity contribution >= 4 is 37.2 Å². The van der Waals surface area contributed by atoms with Gasteiger partial charge in [-0.15, -0.1) is 0 Å². The van der Waals surface area contributed by atoms with E-state index < -0.39 is 55.7 Å². The number of rotatable bonds is 9. The average molecular weight is 704 g/mol. The molecule has 4 atom stereocenters. The quantitative estimate of drug-likeness (QED) is 0.264. The van der Waals surface area contributed by atoms with Crippen molar-refractivity contribution in [3.63, 3.8) is 0 Å². The van der Waals surface area contributed by atoms with E-state index in [2.05, 4.69) is 99.6 Å². The van der Waals surface area contributed by atoms with Crippen LogP contribution in [0.15, 0.2) is 47.4 Å². The Hall–Kier alpha value is -1.98.